The third kappa shape index (κ3) is 2.56. The van der Waals surface area contributed by atoms with Crippen molar-refractivity contribution in [3.8, 4) is 0 Å². The van der Waals surface area contributed by atoms with Crippen LogP contribution >= 0.6 is 11.3 Å². The summed E-state index contributed by atoms with van der Waals surface area (Å²) in [6.45, 7) is 3.65. The molecule has 0 aromatic carbocycles. The summed E-state index contributed by atoms with van der Waals surface area (Å²) in [5.41, 5.74) is 5.78. The van der Waals surface area contributed by atoms with E-state index in [0.717, 1.165) is 34.6 Å². The van der Waals surface area contributed by atoms with Gasteiger partial charge in [0.1, 0.15) is 0 Å². The number of aromatic nitrogens is 1. The van der Waals surface area contributed by atoms with Crippen molar-refractivity contribution in [3.63, 3.8) is 0 Å². The molecule has 0 saturated carbocycles. The van der Waals surface area contributed by atoms with Gasteiger partial charge in [-0.3, -0.25) is 4.21 Å². The first-order valence-corrected chi connectivity index (χ1v) is 7.28. The molecule has 2 rings (SSSR count). The number of hydrogen-bond donors (Lipinski definition) is 1. The third-order valence-corrected chi connectivity index (χ3v) is 4.94. The average molecular weight is 245 g/mol. The lowest BCUT2D eigenvalue weighted by Crippen LogP contribution is -2.37. The molecule has 1 aromatic rings. The molecule has 1 saturated heterocycles. The highest BCUT2D eigenvalue weighted by Crippen LogP contribution is 2.26. The molecule has 4 nitrogen and oxygen atoms in total. The molecular formula is C9H15N3OS2. The molecule has 6 heteroatoms. The summed E-state index contributed by atoms with van der Waals surface area (Å²) in [6.07, 6.45) is 1.84. The van der Waals surface area contributed by atoms with Crippen molar-refractivity contribution >= 4 is 27.3 Å². The minimum Gasteiger partial charge on any atom is -0.346 e. The first kappa shape index (κ1) is 11.0. The number of thiazole rings is 1. The van der Waals surface area contributed by atoms with Crippen LogP contribution in [0.2, 0.25) is 0 Å². The molecule has 0 spiro atoms. The van der Waals surface area contributed by atoms with E-state index in [9.17, 15) is 4.21 Å². The summed E-state index contributed by atoms with van der Waals surface area (Å²) in [5, 5.41) is 1.01. The molecule has 1 atom stereocenters. The van der Waals surface area contributed by atoms with E-state index in [1.807, 2.05) is 13.1 Å². The Morgan fingerprint density at radius 1 is 1.60 bits per heavy atom. The molecule has 1 aliphatic heterocycles. The molecule has 1 fully saturated rings. The average Bonchev–Trinajstić information content (AvgIpc) is 2.68. The fourth-order valence-corrected chi connectivity index (χ4v) is 3.43. The first-order valence-electron chi connectivity index (χ1n) is 4.98. The maximum absolute atomic E-state index is 11.2. The van der Waals surface area contributed by atoms with Gasteiger partial charge in [0.05, 0.1) is 0 Å². The van der Waals surface area contributed by atoms with E-state index >= 15 is 0 Å². The van der Waals surface area contributed by atoms with Crippen molar-refractivity contribution in [3.05, 3.63) is 11.1 Å². The molecule has 2 N–H and O–H groups in total. The van der Waals surface area contributed by atoms with Gasteiger partial charge in [0, 0.05) is 52.5 Å². The smallest absolute Gasteiger partial charge is 0.185 e. The fraction of sp³-hybridized carbons (Fsp3) is 0.667. The molecular weight excluding hydrogens is 230 g/mol. The van der Waals surface area contributed by atoms with Gasteiger partial charge < -0.3 is 10.6 Å². The highest BCUT2D eigenvalue weighted by molar-refractivity contribution is 7.85. The monoisotopic (exact) mass is 245 g/mol. The highest BCUT2D eigenvalue weighted by atomic mass is 32.2. The van der Waals surface area contributed by atoms with Crippen molar-refractivity contribution in [2.75, 3.05) is 29.5 Å². The van der Waals surface area contributed by atoms with Crippen LogP contribution in [0.5, 0.6) is 0 Å². The van der Waals surface area contributed by atoms with Gasteiger partial charge in [0.15, 0.2) is 5.13 Å². The Balaban J connectivity index is 2.06. The lowest BCUT2D eigenvalue weighted by atomic mass is 10.3. The second-order valence-corrected chi connectivity index (χ2v) is 6.41. The Hall–Kier alpha value is -0.460. The number of hydrogen-bond acceptors (Lipinski definition) is 5. The van der Waals surface area contributed by atoms with Crippen LogP contribution in [0, 0.1) is 0 Å². The lowest BCUT2D eigenvalue weighted by molar-refractivity contribution is 0.673. The largest absolute Gasteiger partial charge is 0.346 e. The zero-order chi connectivity index (χ0) is 10.8. The predicted molar refractivity (Wildman–Crippen MR) is 64.8 cm³/mol. The van der Waals surface area contributed by atoms with Gasteiger partial charge in [-0.15, -0.1) is 11.3 Å². The Morgan fingerprint density at radius 3 is 2.80 bits per heavy atom. The second kappa shape index (κ2) is 4.59. The van der Waals surface area contributed by atoms with Crippen LogP contribution in [-0.4, -0.2) is 33.8 Å². The number of anilines is 1. The Kier molecular flexibility index (Phi) is 3.38. The zero-order valence-corrected chi connectivity index (χ0v) is 10.3. The van der Waals surface area contributed by atoms with E-state index < -0.39 is 10.8 Å². The molecule has 0 bridgehead atoms. The van der Waals surface area contributed by atoms with Gasteiger partial charge in [-0.05, 0) is 6.92 Å². The molecule has 0 radical (unpaired) electrons. The summed E-state index contributed by atoms with van der Waals surface area (Å²) in [7, 11) is -0.626. The summed E-state index contributed by atoms with van der Waals surface area (Å²) in [6, 6.07) is 0.0511. The van der Waals surface area contributed by atoms with Crippen molar-refractivity contribution in [1.82, 2.24) is 4.98 Å². The minimum atomic E-state index is -0.626. The van der Waals surface area contributed by atoms with E-state index in [1.165, 1.54) is 0 Å². The van der Waals surface area contributed by atoms with Gasteiger partial charge in [0.2, 0.25) is 0 Å². The van der Waals surface area contributed by atoms with Crippen LogP contribution in [0.15, 0.2) is 6.20 Å². The van der Waals surface area contributed by atoms with Crippen LogP contribution < -0.4 is 10.6 Å². The van der Waals surface area contributed by atoms with Gasteiger partial charge in [-0.25, -0.2) is 4.98 Å². The Morgan fingerprint density at radius 2 is 2.27 bits per heavy atom. The Labute approximate surface area is 95.9 Å². The topological polar surface area (TPSA) is 59.2 Å². The maximum atomic E-state index is 11.2. The van der Waals surface area contributed by atoms with Crippen molar-refractivity contribution < 1.29 is 4.21 Å². The Bertz CT molecular complexity index is 354. The molecule has 2 heterocycles. The minimum absolute atomic E-state index is 0.0511. The van der Waals surface area contributed by atoms with E-state index in [4.69, 9.17) is 5.73 Å². The predicted octanol–water partition coefficient (Wildman–Crippen LogP) is 0.731. The molecule has 0 amide bonds. The lowest BCUT2D eigenvalue weighted by Gasteiger charge is -2.25. The van der Waals surface area contributed by atoms with E-state index in [0.29, 0.717) is 0 Å². The standard InChI is InChI=1S/C9H15N3OS2/c1-7(10)8-6-11-9(14-8)12-2-4-15(13)5-3-12/h6-7H,2-5,10H2,1H3. The van der Waals surface area contributed by atoms with Crippen LogP contribution in [0.3, 0.4) is 0 Å². The summed E-state index contributed by atoms with van der Waals surface area (Å²) >= 11 is 1.64. The van der Waals surface area contributed by atoms with Gasteiger partial charge in [-0.2, -0.15) is 0 Å². The van der Waals surface area contributed by atoms with Gasteiger partial charge >= 0.3 is 0 Å². The number of nitrogens with zero attached hydrogens (tertiary/aromatic N) is 2. The number of rotatable bonds is 2. The molecule has 15 heavy (non-hydrogen) atoms. The van der Waals surface area contributed by atoms with Crippen LogP contribution in [0.4, 0.5) is 5.13 Å². The second-order valence-electron chi connectivity index (χ2n) is 3.67. The van der Waals surface area contributed by atoms with Crippen molar-refractivity contribution in [1.29, 1.82) is 0 Å². The SMILES string of the molecule is CC(N)c1cnc(N2CCS(=O)CC2)s1. The van der Waals surface area contributed by atoms with E-state index in [2.05, 4.69) is 9.88 Å². The zero-order valence-electron chi connectivity index (χ0n) is 8.68. The first-order chi connectivity index (χ1) is 7.16. The fourth-order valence-electron chi connectivity index (χ4n) is 1.46. The van der Waals surface area contributed by atoms with Crippen molar-refractivity contribution in [2.45, 2.75) is 13.0 Å². The van der Waals surface area contributed by atoms with E-state index in [1.54, 1.807) is 11.3 Å². The van der Waals surface area contributed by atoms with Crippen molar-refractivity contribution in [2.24, 2.45) is 5.73 Å². The van der Waals surface area contributed by atoms with Crippen LogP contribution in [-0.2, 0) is 10.8 Å². The van der Waals surface area contributed by atoms with E-state index in [-0.39, 0.29) is 6.04 Å². The summed E-state index contributed by atoms with van der Waals surface area (Å²) in [4.78, 5) is 7.65. The van der Waals surface area contributed by atoms with Gasteiger partial charge in [-0.1, -0.05) is 0 Å². The number of nitrogens with two attached hydrogens (primary N) is 1. The van der Waals surface area contributed by atoms with Gasteiger partial charge in [0.25, 0.3) is 0 Å². The third-order valence-electron chi connectivity index (χ3n) is 2.41. The highest BCUT2D eigenvalue weighted by Gasteiger charge is 2.18. The van der Waals surface area contributed by atoms with Crippen LogP contribution in [0.25, 0.3) is 0 Å². The summed E-state index contributed by atoms with van der Waals surface area (Å²) < 4.78 is 11.2. The quantitative estimate of drug-likeness (QED) is 0.834. The van der Waals surface area contributed by atoms with Crippen LogP contribution in [0.1, 0.15) is 17.8 Å². The molecule has 0 aliphatic carbocycles. The normalized spacial score (nSPS) is 20.5. The molecule has 1 aliphatic rings. The molecule has 1 aromatic heterocycles. The molecule has 84 valence electrons. The maximum Gasteiger partial charge on any atom is 0.185 e. The molecule has 1 unspecified atom stereocenters. The summed E-state index contributed by atoms with van der Waals surface area (Å²) in [5.74, 6) is 1.51.